The number of thiophene rings is 1. The first kappa shape index (κ1) is 13.3. The quantitative estimate of drug-likeness (QED) is 0.731. The van der Waals surface area contributed by atoms with Crippen LogP contribution in [0, 0.1) is 18.8 Å². The van der Waals surface area contributed by atoms with E-state index in [1.807, 2.05) is 13.0 Å². The lowest BCUT2D eigenvalue weighted by atomic mass is 10.2. The molecule has 0 aliphatic carbocycles. The Bertz CT molecular complexity index is 632. The number of hydrogen-bond acceptors (Lipinski definition) is 4. The number of rotatable bonds is 3. The van der Waals surface area contributed by atoms with Gasteiger partial charge in [0.05, 0.1) is 22.5 Å². The molecular formula is C13H14N4OS. The van der Waals surface area contributed by atoms with Crippen molar-refractivity contribution in [1.82, 2.24) is 15.5 Å². The van der Waals surface area contributed by atoms with Crippen LogP contribution in [0.1, 0.15) is 25.8 Å². The predicted molar refractivity (Wildman–Crippen MR) is 74.7 cm³/mol. The molecule has 0 saturated carbocycles. The average molecular weight is 274 g/mol. The van der Waals surface area contributed by atoms with Crippen LogP contribution in [0.5, 0.6) is 0 Å². The lowest BCUT2D eigenvalue weighted by molar-refractivity contribution is 0.0955. The Balaban J connectivity index is 1.96. The van der Waals surface area contributed by atoms with Crippen molar-refractivity contribution in [2.75, 3.05) is 6.54 Å². The number of hydrogen-bond donors (Lipinski definition) is 3. The van der Waals surface area contributed by atoms with Crippen LogP contribution in [0.4, 0.5) is 0 Å². The topological polar surface area (TPSA) is 83.8 Å². The van der Waals surface area contributed by atoms with Crippen molar-refractivity contribution in [3.63, 3.8) is 0 Å². The number of aromatic amines is 1. The number of aryl methyl sites for hydroxylation is 1. The highest BCUT2D eigenvalue weighted by atomic mass is 32.1. The summed E-state index contributed by atoms with van der Waals surface area (Å²) in [5.74, 6) is 5.56. The standard InChI is InChI=1S/C13H14N4OS/c1-9-10(8-16-17-9)7-15-13(18)12-5-4-11(19-12)3-2-6-14/h4-5,8H,6-7,14H2,1H3,(H,15,18)(H,16,17). The third-order valence-corrected chi connectivity index (χ3v) is 3.52. The summed E-state index contributed by atoms with van der Waals surface area (Å²) < 4.78 is 0. The maximum atomic E-state index is 11.9. The first-order valence-electron chi connectivity index (χ1n) is 5.76. The number of carbonyl (C=O) groups excluding carboxylic acids is 1. The van der Waals surface area contributed by atoms with Crippen LogP contribution in [0.15, 0.2) is 18.3 Å². The minimum Gasteiger partial charge on any atom is -0.347 e. The number of H-pyrrole nitrogens is 1. The predicted octanol–water partition coefficient (Wildman–Crippen LogP) is 1.02. The Hall–Kier alpha value is -2.10. The molecule has 0 bridgehead atoms. The Morgan fingerprint density at radius 2 is 2.42 bits per heavy atom. The van der Waals surface area contributed by atoms with Crippen molar-refractivity contribution < 1.29 is 4.79 Å². The summed E-state index contributed by atoms with van der Waals surface area (Å²) >= 11 is 1.36. The van der Waals surface area contributed by atoms with E-state index in [2.05, 4.69) is 27.4 Å². The molecule has 0 aliphatic rings. The van der Waals surface area contributed by atoms with Crippen LogP contribution >= 0.6 is 11.3 Å². The number of nitrogens with two attached hydrogens (primary N) is 1. The molecule has 0 fully saturated rings. The highest BCUT2D eigenvalue weighted by Crippen LogP contribution is 2.15. The van der Waals surface area contributed by atoms with Gasteiger partial charge in [-0.15, -0.1) is 11.3 Å². The van der Waals surface area contributed by atoms with Crippen molar-refractivity contribution in [3.8, 4) is 11.8 Å². The minimum absolute atomic E-state index is 0.105. The van der Waals surface area contributed by atoms with Gasteiger partial charge in [-0.05, 0) is 19.1 Å². The minimum atomic E-state index is -0.105. The second kappa shape index (κ2) is 6.18. The van der Waals surface area contributed by atoms with Gasteiger partial charge in [-0.3, -0.25) is 9.89 Å². The SMILES string of the molecule is Cc1[nH]ncc1CNC(=O)c1ccc(C#CCN)s1. The van der Waals surface area contributed by atoms with E-state index in [9.17, 15) is 4.79 Å². The van der Waals surface area contributed by atoms with E-state index >= 15 is 0 Å². The van der Waals surface area contributed by atoms with Crippen molar-refractivity contribution >= 4 is 17.2 Å². The maximum absolute atomic E-state index is 11.9. The number of aromatic nitrogens is 2. The Labute approximate surface area is 115 Å². The van der Waals surface area contributed by atoms with Crippen LogP contribution in [0.2, 0.25) is 0 Å². The van der Waals surface area contributed by atoms with Crippen LogP contribution < -0.4 is 11.1 Å². The summed E-state index contributed by atoms with van der Waals surface area (Å²) in [5, 5.41) is 9.59. The van der Waals surface area contributed by atoms with E-state index in [1.54, 1.807) is 12.3 Å². The van der Waals surface area contributed by atoms with E-state index in [4.69, 9.17) is 5.73 Å². The maximum Gasteiger partial charge on any atom is 0.261 e. The second-order valence-electron chi connectivity index (χ2n) is 3.87. The zero-order valence-corrected chi connectivity index (χ0v) is 11.3. The van der Waals surface area contributed by atoms with E-state index < -0.39 is 0 Å². The van der Waals surface area contributed by atoms with Crippen LogP contribution in [0.3, 0.4) is 0 Å². The molecule has 0 atom stereocenters. The van der Waals surface area contributed by atoms with Gasteiger partial charge in [-0.2, -0.15) is 5.10 Å². The molecule has 2 heterocycles. The summed E-state index contributed by atoms with van der Waals surface area (Å²) in [7, 11) is 0. The molecule has 4 N–H and O–H groups in total. The molecule has 6 heteroatoms. The smallest absolute Gasteiger partial charge is 0.261 e. The zero-order chi connectivity index (χ0) is 13.7. The van der Waals surface area contributed by atoms with Crippen molar-refractivity contribution in [1.29, 1.82) is 0 Å². The lowest BCUT2D eigenvalue weighted by Crippen LogP contribution is -2.21. The van der Waals surface area contributed by atoms with Gasteiger partial charge < -0.3 is 11.1 Å². The fraction of sp³-hybridized carbons (Fsp3) is 0.231. The molecule has 19 heavy (non-hydrogen) atoms. The molecule has 2 aromatic rings. The molecule has 5 nitrogen and oxygen atoms in total. The number of amides is 1. The Morgan fingerprint density at radius 1 is 1.58 bits per heavy atom. The fourth-order valence-electron chi connectivity index (χ4n) is 1.48. The summed E-state index contributed by atoms with van der Waals surface area (Å²) in [6.07, 6.45) is 1.71. The van der Waals surface area contributed by atoms with Gasteiger partial charge >= 0.3 is 0 Å². The average Bonchev–Trinajstić information content (AvgIpc) is 3.03. The van der Waals surface area contributed by atoms with Gasteiger partial charge in [-0.25, -0.2) is 0 Å². The first-order valence-corrected chi connectivity index (χ1v) is 6.58. The molecule has 0 saturated heterocycles. The van der Waals surface area contributed by atoms with Gasteiger partial charge in [0.25, 0.3) is 5.91 Å². The van der Waals surface area contributed by atoms with Crippen molar-refractivity contribution in [3.05, 3.63) is 39.3 Å². The van der Waals surface area contributed by atoms with Gasteiger partial charge in [0, 0.05) is 17.8 Å². The Kier molecular flexibility index (Phi) is 4.34. The highest BCUT2D eigenvalue weighted by molar-refractivity contribution is 7.14. The second-order valence-corrected chi connectivity index (χ2v) is 4.96. The highest BCUT2D eigenvalue weighted by Gasteiger charge is 2.09. The molecule has 2 rings (SSSR count). The van der Waals surface area contributed by atoms with Gasteiger partial charge in [0.15, 0.2) is 0 Å². The molecule has 0 aromatic carbocycles. The molecule has 0 radical (unpaired) electrons. The van der Waals surface area contributed by atoms with E-state index in [-0.39, 0.29) is 5.91 Å². The first-order chi connectivity index (χ1) is 9.20. The number of nitrogens with zero attached hydrogens (tertiary/aromatic N) is 1. The van der Waals surface area contributed by atoms with Crippen LogP contribution in [0.25, 0.3) is 0 Å². The largest absolute Gasteiger partial charge is 0.347 e. The molecule has 0 aliphatic heterocycles. The molecule has 0 spiro atoms. The third-order valence-electron chi connectivity index (χ3n) is 2.52. The van der Waals surface area contributed by atoms with Gasteiger partial charge in [-0.1, -0.05) is 11.8 Å². The van der Waals surface area contributed by atoms with E-state index in [0.717, 1.165) is 16.1 Å². The molecule has 0 unspecified atom stereocenters. The molecule has 1 amide bonds. The summed E-state index contributed by atoms with van der Waals surface area (Å²) in [6.45, 7) is 2.70. The Morgan fingerprint density at radius 3 is 3.11 bits per heavy atom. The monoisotopic (exact) mass is 274 g/mol. The molecule has 2 aromatic heterocycles. The number of nitrogens with one attached hydrogen (secondary N) is 2. The van der Waals surface area contributed by atoms with E-state index in [1.165, 1.54) is 11.3 Å². The summed E-state index contributed by atoms with van der Waals surface area (Å²) in [5.41, 5.74) is 7.24. The van der Waals surface area contributed by atoms with E-state index in [0.29, 0.717) is 18.0 Å². The zero-order valence-electron chi connectivity index (χ0n) is 10.5. The van der Waals surface area contributed by atoms with Gasteiger partial charge in [0.1, 0.15) is 0 Å². The summed E-state index contributed by atoms with van der Waals surface area (Å²) in [6, 6.07) is 3.59. The van der Waals surface area contributed by atoms with Gasteiger partial charge in [0.2, 0.25) is 0 Å². The van der Waals surface area contributed by atoms with Crippen molar-refractivity contribution in [2.45, 2.75) is 13.5 Å². The van der Waals surface area contributed by atoms with Crippen molar-refractivity contribution in [2.24, 2.45) is 5.73 Å². The van der Waals surface area contributed by atoms with Crippen LogP contribution in [-0.4, -0.2) is 22.6 Å². The van der Waals surface area contributed by atoms with Crippen LogP contribution in [-0.2, 0) is 6.54 Å². The number of carbonyl (C=O) groups is 1. The fourth-order valence-corrected chi connectivity index (χ4v) is 2.28. The molecule has 98 valence electrons. The normalized spacial score (nSPS) is 9.79. The third kappa shape index (κ3) is 3.44. The lowest BCUT2D eigenvalue weighted by Gasteiger charge is -2.01. The molecular weight excluding hydrogens is 260 g/mol. The summed E-state index contributed by atoms with van der Waals surface area (Å²) in [4.78, 5) is 13.4.